The van der Waals surface area contributed by atoms with Crippen LogP contribution < -0.4 is 11.1 Å². The van der Waals surface area contributed by atoms with Gasteiger partial charge in [0.05, 0.1) is 17.6 Å². The van der Waals surface area contributed by atoms with Gasteiger partial charge in [0.1, 0.15) is 0 Å². The molecule has 0 spiro atoms. The zero-order valence-corrected chi connectivity index (χ0v) is 21.6. The Kier molecular flexibility index (Phi) is 9.12. The molecule has 10 heteroatoms. The van der Waals surface area contributed by atoms with Crippen LogP contribution in [0.2, 0.25) is 0 Å². The van der Waals surface area contributed by atoms with Crippen LogP contribution in [0.1, 0.15) is 56.0 Å². The summed E-state index contributed by atoms with van der Waals surface area (Å²) in [7, 11) is 1.20. The van der Waals surface area contributed by atoms with Crippen molar-refractivity contribution >= 4 is 36.4 Å². The monoisotopic (exact) mass is 532 g/mol. The smallest absolute Gasteiger partial charge is 0.380 e. The Morgan fingerprint density at radius 1 is 1.17 bits per heavy atom. The summed E-state index contributed by atoms with van der Waals surface area (Å²) >= 11 is 0. The molecule has 194 valence electrons. The van der Waals surface area contributed by atoms with Gasteiger partial charge in [0.25, 0.3) is 0 Å². The van der Waals surface area contributed by atoms with Crippen LogP contribution in [0.5, 0.6) is 0 Å². The number of carbonyl (C=O) groups is 1. The van der Waals surface area contributed by atoms with Crippen molar-refractivity contribution in [1.82, 2.24) is 9.88 Å². The van der Waals surface area contributed by atoms with Crippen LogP contribution >= 0.6 is 24.8 Å². The molecule has 4 atom stereocenters. The molecule has 1 saturated carbocycles. The molecule has 0 saturated heterocycles. The molecule has 2 aromatic rings. The predicted octanol–water partition coefficient (Wildman–Crippen LogP) is 5.43. The second kappa shape index (κ2) is 10.9. The van der Waals surface area contributed by atoms with E-state index in [1.54, 1.807) is 6.07 Å². The maximum atomic E-state index is 14.0. The third kappa shape index (κ3) is 5.87. The number of amides is 1. The maximum absolute atomic E-state index is 14.0. The molecule has 1 aromatic heterocycles. The van der Waals surface area contributed by atoms with Gasteiger partial charge in [-0.2, -0.15) is 13.2 Å². The number of carbonyl (C=O) groups excluding carboxylic acids is 1. The Hall–Kier alpha value is -2.03. The van der Waals surface area contributed by atoms with E-state index >= 15 is 0 Å². The van der Waals surface area contributed by atoms with Crippen LogP contribution in [0.4, 0.5) is 18.9 Å². The largest absolute Gasteiger partial charge is 0.414 e. The lowest BCUT2D eigenvalue weighted by atomic mass is 9.83. The number of nitrogens with two attached hydrogens (primary N) is 1. The molecule has 3 N–H and O–H groups in total. The van der Waals surface area contributed by atoms with E-state index in [4.69, 9.17) is 5.73 Å². The van der Waals surface area contributed by atoms with E-state index in [1.165, 1.54) is 30.4 Å². The van der Waals surface area contributed by atoms with Gasteiger partial charge >= 0.3 is 6.18 Å². The number of rotatable bonds is 5. The molecule has 35 heavy (non-hydrogen) atoms. The highest BCUT2D eigenvalue weighted by Crippen LogP contribution is 2.41. The van der Waals surface area contributed by atoms with Crippen LogP contribution in [0.25, 0.3) is 0 Å². The van der Waals surface area contributed by atoms with Gasteiger partial charge in [0.2, 0.25) is 5.91 Å². The topological polar surface area (TPSA) is 71.2 Å². The first-order valence-electron chi connectivity index (χ1n) is 11.4. The number of anilines is 1. The standard InChI is InChI=1S/C25H31F3N4O.2ClH/c1-24(2)19-7-5-4-6-15(19)13-21(24)31-18-10-11-20(30-14-18)22(25(26,27)28)32(3)23(33)16-8-9-17(29)12-16;;/h4-7,10-11,14,16-17,21-22,31H,8-9,12-13,29H2,1-3H3;2*1H/t16-,17+,21-,22+;;/m1../s1. The summed E-state index contributed by atoms with van der Waals surface area (Å²) in [6.07, 6.45) is -0.786. The number of halogens is 5. The van der Waals surface area contributed by atoms with E-state index in [0.717, 1.165) is 11.3 Å². The Balaban J connectivity index is 0.00000216. The van der Waals surface area contributed by atoms with Crippen LogP contribution in [-0.4, -0.2) is 41.1 Å². The Bertz CT molecular complexity index is 1020. The van der Waals surface area contributed by atoms with Crippen LogP contribution in [-0.2, 0) is 16.6 Å². The molecular weight excluding hydrogens is 500 g/mol. The number of hydrogen-bond acceptors (Lipinski definition) is 4. The van der Waals surface area contributed by atoms with Crippen molar-refractivity contribution in [2.75, 3.05) is 12.4 Å². The number of alkyl halides is 3. The van der Waals surface area contributed by atoms with Gasteiger partial charge in [0, 0.05) is 30.5 Å². The van der Waals surface area contributed by atoms with E-state index in [-0.39, 0.29) is 48.0 Å². The highest BCUT2D eigenvalue weighted by atomic mass is 35.5. The fourth-order valence-corrected chi connectivity index (χ4v) is 5.32. The lowest BCUT2D eigenvalue weighted by Gasteiger charge is -2.32. The minimum atomic E-state index is -4.64. The molecule has 0 unspecified atom stereocenters. The van der Waals surface area contributed by atoms with E-state index in [0.29, 0.717) is 24.9 Å². The molecule has 2 aliphatic rings. The number of aromatic nitrogens is 1. The molecule has 1 amide bonds. The number of benzene rings is 1. The van der Waals surface area contributed by atoms with Gasteiger partial charge in [0.15, 0.2) is 6.04 Å². The minimum absolute atomic E-state index is 0. The summed E-state index contributed by atoms with van der Waals surface area (Å²) < 4.78 is 42.0. The number of fused-ring (bicyclic) bond motifs is 1. The van der Waals surface area contributed by atoms with Crippen molar-refractivity contribution in [2.24, 2.45) is 11.7 Å². The summed E-state index contributed by atoms with van der Waals surface area (Å²) in [5.41, 5.74) is 8.73. The summed E-state index contributed by atoms with van der Waals surface area (Å²) in [5.74, 6) is -0.998. The van der Waals surface area contributed by atoms with Gasteiger partial charge in [-0.15, -0.1) is 24.8 Å². The molecule has 4 rings (SSSR count). The quantitative estimate of drug-likeness (QED) is 0.538. The van der Waals surface area contributed by atoms with E-state index in [1.807, 2.05) is 12.1 Å². The van der Waals surface area contributed by atoms with Gasteiger partial charge in [-0.1, -0.05) is 38.1 Å². The van der Waals surface area contributed by atoms with Gasteiger partial charge in [-0.25, -0.2) is 0 Å². The van der Waals surface area contributed by atoms with Crippen LogP contribution in [0.3, 0.4) is 0 Å². The first kappa shape index (κ1) is 29.2. The normalized spacial score (nSPS) is 23.5. The second-order valence-corrected chi connectivity index (χ2v) is 9.91. The molecule has 5 nitrogen and oxygen atoms in total. The molecule has 2 aliphatic carbocycles. The number of nitrogens with one attached hydrogen (secondary N) is 1. The third-order valence-corrected chi connectivity index (χ3v) is 7.28. The summed E-state index contributed by atoms with van der Waals surface area (Å²) in [4.78, 5) is 17.7. The molecule has 1 aromatic carbocycles. The van der Waals surface area contributed by atoms with Crippen molar-refractivity contribution in [2.45, 2.75) is 69.2 Å². The van der Waals surface area contributed by atoms with E-state index < -0.39 is 24.0 Å². The van der Waals surface area contributed by atoms with Crippen molar-refractivity contribution in [3.8, 4) is 0 Å². The van der Waals surface area contributed by atoms with E-state index in [9.17, 15) is 18.0 Å². The maximum Gasteiger partial charge on any atom is 0.414 e. The average molecular weight is 533 g/mol. The van der Waals surface area contributed by atoms with Gasteiger partial charge in [-0.05, 0) is 48.9 Å². The first-order valence-corrected chi connectivity index (χ1v) is 11.4. The second-order valence-electron chi connectivity index (χ2n) is 9.91. The van der Waals surface area contributed by atoms with Crippen molar-refractivity contribution in [3.05, 3.63) is 59.4 Å². The number of hydrogen-bond donors (Lipinski definition) is 2. The van der Waals surface area contributed by atoms with E-state index in [2.05, 4.69) is 36.3 Å². The third-order valence-electron chi connectivity index (χ3n) is 7.28. The molecular formula is C25H33Cl2F3N4O. The number of nitrogens with zero attached hydrogens (tertiary/aromatic N) is 2. The number of pyridine rings is 1. The van der Waals surface area contributed by atoms with Crippen LogP contribution in [0.15, 0.2) is 42.6 Å². The highest BCUT2D eigenvalue weighted by Gasteiger charge is 2.47. The first-order chi connectivity index (χ1) is 15.5. The highest BCUT2D eigenvalue weighted by molar-refractivity contribution is 5.85. The van der Waals surface area contributed by atoms with Gasteiger partial charge in [-0.3, -0.25) is 9.78 Å². The molecule has 0 bridgehead atoms. The average Bonchev–Trinajstić information content (AvgIpc) is 3.29. The van der Waals surface area contributed by atoms with Crippen molar-refractivity contribution in [3.63, 3.8) is 0 Å². The fourth-order valence-electron chi connectivity index (χ4n) is 5.32. The van der Waals surface area contributed by atoms with Gasteiger partial charge < -0.3 is 16.0 Å². The SMILES string of the molecule is CN(C(=O)[C@@H]1CC[C@H](N)C1)[C@@H](c1ccc(N[C@@H]2Cc3ccccc3C2(C)C)cn1)C(F)(F)F.Cl.Cl. The lowest BCUT2D eigenvalue weighted by molar-refractivity contribution is -0.191. The summed E-state index contributed by atoms with van der Waals surface area (Å²) in [5, 5.41) is 3.45. The van der Waals surface area contributed by atoms with Crippen LogP contribution in [0, 0.1) is 5.92 Å². The Labute approximate surface area is 216 Å². The Morgan fingerprint density at radius 2 is 1.86 bits per heavy atom. The molecule has 1 fully saturated rings. The summed E-state index contributed by atoms with van der Waals surface area (Å²) in [6.45, 7) is 4.32. The minimum Gasteiger partial charge on any atom is -0.380 e. The zero-order valence-electron chi connectivity index (χ0n) is 20.0. The summed E-state index contributed by atoms with van der Waals surface area (Å²) in [6, 6.07) is 9.11. The zero-order chi connectivity index (χ0) is 24.0. The molecule has 0 radical (unpaired) electrons. The predicted molar refractivity (Wildman–Crippen MR) is 136 cm³/mol. The van der Waals surface area contributed by atoms with Crippen molar-refractivity contribution < 1.29 is 18.0 Å². The molecule has 0 aliphatic heterocycles. The Morgan fingerprint density at radius 3 is 2.40 bits per heavy atom. The fraction of sp³-hybridized carbons (Fsp3) is 0.520. The lowest BCUT2D eigenvalue weighted by Crippen LogP contribution is -2.42. The molecule has 1 heterocycles. The van der Waals surface area contributed by atoms with Crippen molar-refractivity contribution in [1.29, 1.82) is 0 Å².